The van der Waals surface area contributed by atoms with Gasteiger partial charge in [0.2, 0.25) is 6.29 Å². The molecule has 2 aliphatic heterocycles. The lowest BCUT2D eigenvalue weighted by atomic mass is 9.99. The molecule has 2 saturated heterocycles. The fourth-order valence-corrected chi connectivity index (χ4v) is 4.62. The van der Waals surface area contributed by atoms with E-state index in [1.165, 1.54) is 6.92 Å². The van der Waals surface area contributed by atoms with E-state index in [1.54, 1.807) is 19.2 Å². The van der Waals surface area contributed by atoms with E-state index in [1.807, 2.05) is 56.3 Å². The Labute approximate surface area is 198 Å². The summed E-state index contributed by atoms with van der Waals surface area (Å²) in [5, 5.41) is 2.20. The molecule has 7 heteroatoms. The predicted octanol–water partition coefficient (Wildman–Crippen LogP) is 4.56. The molecule has 0 bridgehead atoms. The third-order valence-corrected chi connectivity index (χ3v) is 6.34. The van der Waals surface area contributed by atoms with Gasteiger partial charge in [-0.2, -0.15) is 0 Å². The molecule has 2 aliphatic rings. The Morgan fingerprint density at radius 2 is 1.59 bits per heavy atom. The Balaban J connectivity index is 1.46. The molecule has 2 fully saturated rings. The van der Waals surface area contributed by atoms with Crippen LogP contribution in [-0.4, -0.2) is 43.8 Å². The number of hydrogen-bond donors (Lipinski definition) is 0. The van der Waals surface area contributed by atoms with Gasteiger partial charge in [-0.05, 0) is 55.0 Å². The van der Waals surface area contributed by atoms with Gasteiger partial charge in [0.05, 0.1) is 13.2 Å². The van der Waals surface area contributed by atoms with Gasteiger partial charge in [0.1, 0.15) is 17.6 Å². The molecule has 34 heavy (non-hydrogen) atoms. The summed E-state index contributed by atoms with van der Waals surface area (Å²) >= 11 is 0. The Bertz CT molecular complexity index is 1180. The normalized spacial score (nSPS) is 30.5. The molecule has 7 nitrogen and oxygen atoms in total. The molecule has 2 heterocycles. The molecule has 0 unspecified atom stereocenters. The second-order valence-electron chi connectivity index (χ2n) is 8.75. The zero-order valence-corrected chi connectivity index (χ0v) is 19.6. The van der Waals surface area contributed by atoms with Gasteiger partial charge in [-0.3, -0.25) is 4.79 Å². The van der Waals surface area contributed by atoms with E-state index in [0.717, 1.165) is 22.1 Å². The second kappa shape index (κ2) is 8.91. The Morgan fingerprint density at radius 3 is 2.29 bits per heavy atom. The van der Waals surface area contributed by atoms with Gasteiger partial charge >= 0.3 is 5.97 Å². The minimum Gasteiger partial charge on any atom is -0.497 e. The van der Waals surface area contributed by atoms with E-state index in [4.69, 9.17) is 28.4 Å². The minimum atomic E-state index is -1.08. The van der Waals surface area contributed by atoms with Crippen LogP contribution < -0.4 is 9.47 Å². The highest BCUT2D eigenvalue weighted by Crippen LogP contribution is 2.44. The van der Waals surface area contributed by atoms with E-state index < -0.39 is 42.5 Å². The fourth-order valence-electron chi connectivity index (χ4n) is 4.62. The maximum atomic E-state index is 11.8. The van der Waals surface area contributed by atoms with Crippen molar-refractivity contribution in [1.29, 1.82) is 0 Å². The number of hydrogen-bond acceptors (Lipinski definition) is 7. The standard InChI is InChI=1S/C27H28O7/c1-16-23(31-17(2)28)24-25(26(30-16)32-22-13-11-21(29-4)12-14-22)34-27(3,33-24)20-10-9-18-7-5-6-8-19(18)15-20/h5-16,23-26H,1-4H3/t16-,23-,24+,25+,26-,27-/m0/s1. The van der Waals surface area contributed by atoms with Crippen molar-refractivity contribution in [3.63, 3.8) is 0 Å². The molecular weight excluding hydrogens is 436 g/mol. The highest BCUT2D eigenvalue weighted by molar-refractivity contribution is 5.83. The largest absolute Gasteiger partial charge is 0.497 e. The van der Waals surface area contributed by atoms with Crippen molar-refractivity contribution in [3.8, 4) is 11.5 Å². The summed E-state index contributed by atoms with van der Waals surface area (Å²) in [6, 6.07) is 21.4. The lowest BCUT2D eigenvalue weighted by Gasteiger charge is -2.39. The first-order valence-electron chi connectivity index (χ1n) is 11.3. The quantitative estimate of drug-likeness (QED) is 0.513. The van der Waals surface area contributed by atoms with Gasteiger partial charge in [-0.15, -0.1) is 0 Å². The van der Waals surface area contributed by atoms with Gasteiger partial charge in [0, 0.05) is 12.5 Å². The lowest BCUT2D eigenvalue weighted by molar-refractivity contribution is -0.247. The molecule has 0 radical (unpaired) electrons. The van der Waals surface area contributed by atoms with E-state index in [0.29, 0.717) is 5.75 Å². The number of esters is 1. The van der Waals surface area contributed by atoms with Crippen LogP contribution in [0.25, 0.3) is 10.8 Å². The van der Waals surface area contributed by atoms with Crippen molar-refractivity contribution in [2.45, 2.75) is 57.3 Å². The van der Waals surface area contributed by atoms with Gasteiger partial charge in [-0.1, -0.05) is 36.4 Å². The smallest absolute Gasteiger partial charge is 0.303 e. The van der Waals surface area contributed by atoms with Crippen molar-refractivity contribution in [1.82, 2.24) is 0 Å². The zero-order chi connectivity index (χ0) is 23.9. The molecule has 0 N–H and O–H groups in total. The van der Waals surface area contributed by atoms with E-state index >= 15 is 0 Å². The molecule has 6 atom stereocenters. The molecule has 0 aliphatic carbocycles. The van der Waals surface area contributed by atoms with Gasteiger partial charge in [0.25, 0.3) is 0 Å². The Morgan fingerprint density at radius 1 is 0.912 bits per heavy atom. The third kappa shape index (κ3) is 4.22. The van der Waals surface area contributed by atoms with Crippen molar-refractivity contribution in [3.05, 3.63) is 72.3 Å². The summed E-state index contributed by atoms with van der Waals surface area (Å²) in [6.07, 6.45) is -3.06. The van der Waals surface area contributed by atoms with Gasteiger partial charge in [-0.25, -0.2) is 0 Å². The van der Waals surface area contributed by atoms with Crippen LogP contribution in [0.4, 0.5) is 0 Å². The summed E-state index contributed by atoms with van der Waals surface area (Å²) in [5.41, 5.74) is 0.859. The maximum absolute atomic E-state index is 11.8. The molecule has 3 aromatic rings. The van der Waals surface area contributed by atoms with Crippen molar-refractivity contribution in [2.75, 3.05) is 7.11 Å². The SMILES string of the molecule is COc1ccc(O[C@@H]2O[C@@H](C)[C@H](OC(C)=O)[C@H]3O[C@](C)(c4ccc5ccccc5c4)O[C@@H]23)cc1. The van der Waals surface area contributed by atoms with E-state index in [2.05, 4.69) is 12.1 Å². The molecule has 5 rings (SSSR count). The number of rotatable bonds is 5. The zero-order valence-electron chi connectivity index (χ0n) is 19.6. The molecule has 0 aromatic heterocycles. The number of fused-ring (bicyclic) bond motifs is 2. The molecule has 3 aromatic carbocycles. The van der Waals surface area contributed by atoms with Crippen LogP contribution in [0.5, 0.6) is 11.5 Å². The number of carbonyl (C=O) groups is 1. The molecule has 0 amide bonds. The van der Waals surface area contributed by atoms with Gasteiger partial charge < -0.3 is 28.4 Å². The maximum Gasteiger partial charge on any atom is 0.303 e. The Hall–Kier alpha value is -3.13. The summed E-state index contributed by atoms with van der Waals surface area (Å²) < 4.78 is 36.1. The van der Waals surface area contributed by atoms with Crippen molar-refractivity contribution in [2.24, 2.45) is 0 Å². The molecular formula is C27H28O7. The predicted molar refractivity (Wildman–Crippen MR) is 125 cm³/mol. The average molecular weight is 465 g/mol. The molecule has 0 spiro atoms. The van der Waals surface area contributed by atoms with Crippen LogP contribution in [0, 0.1) is 0 Å². The first-order chi connectivity index (χ1) is 16.4. The van der Waals surface area contributed by atoms with Crippen LogP contribution in [0.1, 0.15) is 26.3 Å². The summed E-state index contributed by atoms with van der Waals surface area (Å²) in [7, 11) is 1.61. The molecule has 178 valence electrons. The van der Waals surface area contributed by atoms with E-state index in [9.17, 15) is 4.79 Å². The van der Waals surface area contributed by atoms with Crippen LogP contribution in [-0.2, 0) is 29.5 Å². The topological polar surface area (TPSA) is 72.5 Å². The third-order valence-electron chi connectivity index (χ3n) is 6.34. The highest BCUT2D eigenvalue weighted by atomic mass is 16.8. The minimum absolute atomic E-state index is 0.406. The summed E-state index contributed by atoms with van der Waals surface area (Å²) in [4.78, 5) is 11.8. The number of ether oxygens (including phenoxy) is 6. The van der Waals surface area contributed by atoms with Crippen LogP contribution >= 0.6 is 0 Å². The first-order valence-corrected chi connectivity index (χ1v) is 11.3. The van der Waals surface area contributed by atoms with Gasteiger partial charge in [0.15, 0.2) is 18.0 Å². The summed E-state index contributed by atoms with van der Waals surface area (Å²) in [6.45, 7) is 5.08. The number of benzene rings is 3. The number of methoxy groups -OCH3 is 1. The molecule has 0 saturated carbocycles. The Kier molecular flexibility index (Phi) is 5.93. The lowest BCUT2D eigenvalue weighted by Crippen LogP contribution is -2.58. The summed E-state index contributed by atoms with van der Waals surface area (Å²) in [5.74, 6) is -0.156. The van der Waals surface area contributed by atoms with Crippen molar-refractivity contribution >= 4 is 16.7 Å². The van der Waals surface area contributed by atoms with Crippen LogP contribution in [0.3, 0.4) is 0 Å². The van der Waals surface area contributed by atoms with E-state index in [-0.39, 0.29) is 0 Å². The first kappa shape index (κ1) is 22.7. The second-order valence-corrected chi connectivity index (χ2v) is 8.75. The monoisotopic (exact) mass is 464 g/mol. The van der Waals surface area contributed by atoms with Crippen LogP contribution in [0.15, 0.2) is 66.7 Å². The fraction of sp³-hybridized carbons (Fsp3) is 0.370. The average Bonchev–Trinajstić information content (AvgIpc) is 3.20. The van der Waals surface area contributed by atoms with Crippen molar-refractivity contribution < 1.29 is 33.2 Å². The van der Waals surface area contributed by atoms with Crippen LogP contribution in [0.2, 0.25) is 0 Å². The number of carbonyl (C=O) groups excluding carboxylic acids is 1. The highest BCUT2D eigenvalue weighted by Gasteiger charge is 2.58.